The summed E-state index contributed by atoms with van der Waals surface area (Å²) < 4.78 is 41.9. The molecule has 1 aliphatic heterocycles. The molecule has 0 aliphatic carbocycles. The third-order valence-electron chi connectivity index (χ3n) is 9.64. The van der Waals surface area contributed by atoms with E-state index in [0.717, 1.165) is 53.5 Å². The van der Waals surface area contributed by atoms with Gasteiger partial charge in [0.05, 0.1) is 38.6 Å². The quantitative estimate of drug-likeness (QED) is 0.129. The van der Waals surface area contributed by atoms with Crippen LogP contribution in [0.5, 0.6) is 11.5 Å². The van der Waals surface area contributed by atoms with Crippen LogP contribution in [0.3, 0.4) is 0 Å². The molecular weight excluding hydrogens is 733 g/mol. The van der Waals surface area contributed by atoms with Gasteiger partial charge in [-0.3, -0.25) is 14.5 Å². The minimum absolute atomic E-state index is 0.00962. The average molecular weight is 781 g/mol. The number of rotatable bonds is 12. The highest BCUT2D eigenvalue weighted by Gasteiger charge is 2.25. The Hall–Kier alpha value is -5.57. The molecule has 1 fully saturated rings. The van der Waals surface area contributed by atoms with Gasteiger partial charge < -0.3 is 30.2 Å². The molecule has 1 aliphatic rings. The van der Waals surface area contributed by atoms with Crippen molar-refractivity contribution in [2.75, 3.05) is 70.5 Å². The lowest BCUT2D eigenvalue weighted by Crippen LogP contribution is -2.41. The number of aryl methyl sites for hydroxylation is 1. The first kappa shape index (κ1) is 40.1. The molecule has 2 amide bonds. The number of morpholine rings is 1. The minimum Gasteiger partial charge on any atom is -0.497 e. The average Bonchev–Trinajstić information content (AvgIpc) is 3.17. The van der Waals surface area contributed by atoms with Crippen LogP contribution < -0.4 is 25.4 Å². The zero-order chi connectivity index (χ0) is 40.2. The fraction of sp³-hybridized carbons (Fsp3) is 0.333. The standard InChI is InChI=1S/C42H48N6O7S/c1-26-8-9-28(40(50)46-36-22-31(42(2,3)4)23-37(38(36)54-6)56(7,51)52)21-34(26)27-10-11-35-30(18-27)25-44-41(47-35)45-32-19-29(20-33(24-32)53-5)39(49)43-12-13-48-14-16-55-17-15-48/h8-11,18-25H,12-17H2,1-7H3,(H,43,49)(H,46,50)(H,44,45,47). The molecule has 0 spiro atoms. The first-order valence-electron chi connectivity index (χ1n) is 18.3. The molecule has 2 heterocycles. The Morgan fingerprint density at radius 3 is 2.38 bits per heavy atom. The number of amides is 2. The molecule has 0 unspecified atom stereocenters. The fourth-order valence-corrected chi connectivity index (χ4v) is 7.32. The summed E-state index contributed by atoms with van der Waals surface area (Å²) >= 11 is 0. The number of carbonyl (C=O) groups excluding carboxylic acids is 2. The lowest BCUT2D eigenvalue weighted by Gasteiger charge is -2.26. The number of aromatic nitrogens is 2. The van der Waals surface area contributed by atoms with E-state index < -0.39 is 21.2 Å². The molecule has 6 rings (SSSR count). The SMILES string of the molecule is COc1cc(Nc2ncc3cc(-c4cc(C(=O)Nc5cc(C(C)(C)C)cc(S(C)(=O)=O)c5OC)ccc4C)ccc3n2)cc(C(=O)NCCN2CCOCC2)c1. The predicted molar refractivity (Wildman–Crippen MR) is 218 cm³/mol. The first-order valence-corrected chi connectivity index (χ1v) is 20.2. The van der Waals surface area contributed by atoms with E-state index in [1.165, 1.54) is 7.11 Å². The highest BCUT2D eigenvalue weighted by atomic mass is 32.2. The van der Waals surface area contributed by atoms with E-state index >= 15 is 0 Å². The van der Waals surface area contributed by atoms with Crippen molar-refractivity contribution < 1.29 is 32.2 Å². The summed E-state index contributed by atoms with van der Waals surface area (Å²) in [5, 5.41) is 9.89. The number of methoxy groups -OCH3 is 2. The Morgan fingerprint density at radius 2 is 1.68 bits per heavy atom. The summed E-state index contributed by atoms with van der Waals surface area (Å²) in [6.45, 7) is 12.2. The number of fused-ring (bicyclic) bond motifs is 1. The van der Waals surface area contributed by atoms with Crippen molar-refractivity contribution in [3.05, 3.63) is 95.2 Å². The summed E-state index contributed by atoms with van der Waals surface area (Å²) in [6.07, 6.45) is 2.84. The van der Waals surface area contributed by atoms with Crippen molar-refractivity contribution >= 4 is 49.9 Å². The van der Waals surface area contributed by atoms with Crippen molar-refractivity contribution in [3.63, 3.8) is 0 Å². The third-order valence-corrected chi connectivity index (χ3v) is 10.7. The van der Waals surface area contributed by atoms with Crippen molar-refractivity contribution in [2.45, 2.75) is 38.0 Å². The monoisotopic (exact) mass is 780 g/mol. The number of nitrogens with zero attached hydrogens (tertiary/aromatic N) is 3. The summed E-state index contributed by atoms with van der Waals surface area (Å²) in [7, 11) is -0.733. The minimum atomic E-state index is -3.66. The topological polar surface area (TPSA) is 161 Å². The number of anilines is 3. The maximum atomic E-state index is 13.7. The van der Waals surface area contributed by atoms with Crippen LogP contribution in [-0.2, 0) is 20.0 Å². The lowest BCUT2D eigenvalue weighted by molar-refractivity contribution is 0.0383. The van der Waals surface area contributed by atoms with E-state index in [4.69, 9.17) is 19.2 Å². The predicted octanol–water partition coefficient (Wildman–Crippen LogP) is 6.38. The van der Waals surface area contributed by atoms with Crippen LogP contribution in [0.4, 0.5) is 17.3 Å². The molecule has 0 atom stereocenters. The molecule has 56 heavy (non-hydrogen) atoms. The molecule has 0 saturated carbocycles. The Bertz CT molecular complexity index is 2390. The van der Waals surface area contributed by atoms with Gasteiger partial charge in [0.2, 0.25) is 5.95 Å². The molecule has 1 saturated heterocycles. The lowest BCUT2D eigenvalue weighted by atomic mass is 9.86. The van der Waals surface area contributed by atoms with Crippen LogP contribution in [-0.4, -0.2) is 95.0 Å². The highest BCUT2D eigenvalue weighted by molar-refractivity contribution is 7.90. The van der Waals surface area contributed by atoms with Gasteiger partial charge in [-0.25, -0.2) is 18.4 Å². The number of sulfone groups is 1. The van der Waals surface area contributed by atoms with E-state index in [1.807, 2.05) is 52.0 Å². The van der Waals surface area contributed by atoms with Gasteiger partial charge >= 0.3 is 0 Å². The van der Waals surface area contributed by atoms with Crippen LogP contribution in [0.25, 0.3) is 22.0 Å². The zero-order valence-corrected chi connectivity index (χ0v) is 33.6. The van der Waals surface area contributed by atoms with Crippen LogP contribution >= 0.6 is 0 Å². The van der Waals surface area contributed by atoms with E-state index in [-0.39, 0.29) is 22.2 Å². The third kappa shape index (κ3) is 9.44. The second kappa shape index (κ2) is 16.7. The molecule has 0 radical (unpaired) electrons. The second-order valence-electron chi connectivity index (χ2n) is 14.8. The van der Waals surface area contributed by atoms with Crippen LogP contribution in [0.1, 0.15) is 52.6 Å². The second-order valence-corrected chi connectivity index (χ2v) is 16.8. The van der Waals surface area contributed by atoms with Crippen molar-refractivity contribution in [2.24, 2.45) is 0 Å². The smallest absolute Gasteiger partial charge is 0.255 e. The van der Waals surface area contributed by atoms with E-state index in [9.17, 15) is 18.0 Å². The summed E-state index contributed by atoms with van der Waals surface area (Å²) in [4.78, 5) is 38.3. The van der Waals surface area contributed by atoms with E-state index in [1.54, 1.807) is 55.8 Å². The Morgan fingerprint density at radius 1 is 0.911 bits per heavy atom. The van der Waals surface area contributed by atoms with Gasteiger partial charge in [-0.05, 0) is 83.1 Å². The Balaban J connectivity index is 1.20. The molecular formula is C42H48N6O7S. The van der Waals surface area contributed by atoms with Crippen molar-refractivity contribution in [3.8, 4) is 22.6 Å². The Labute approximate surface area is 327 Å². The molecule has 0 bridgehead atoms. The summed E-state index contributed by atoms with van der Waals surface area (Å²) in [5.41, 5.74) is 5.38. The maximum Gasteiger partial charge on any atom is 0.255 e. The van der Waals surface area contributed by atoms with Gasteiger partial charge in [0.15, 0.2) is 15.6 Å². The fourth-order valence-electron chi connectivity index (χ4n) is 6.45. The molecule has 13 nitrogen and oxygen atoms in total. The van der Waals surface area contributed by atoms with E-state index in [2.05, 4.69) is 25.8 Å². The van der Waals surface area contributed by atoms with Gasteiger partial charge in [0.1, 0.15) is 10.6 Å². The summed E-state index contributed by atoms with van der Waals surface area (Å²) in [5.74, 6) is 0.316. The summed E-state index contributed by atoms with van der Waals surface area (Å²) in [6, 6.07) is 19.7. The van der Waals surface area contributed by atoms with Gasteiger partial charge in [-0.1, -0.05) is 32.9 Å². The number of carbonyl (C=O) groups is 2. The molecule has 294 valence electrons. The number of hydrogen-bond acceptors (Lipinski definition) is 11. The van der Waals surface area contributed by atoms with Crippen LogP contribution in [0.2, 0.25) is 0 Å². The number of benzene rings is 4. The normalized spacial score (nSPS) is 13.6. The molecule has 5 aromatic rings. The molecule has 1 aromatic heterocycles. The number of ether oxygens (including phenoxy) is 3. The van der Waals surface area contributed by atoms with Gasteiger partial charge in [-0.15, -0.1) is 0 Å². The first-order chi connectivity index (χ1) is 26.6. The van der Waals surface area contributed by atoms with Gasteiger partial charge in [0, 0.05) is 66.9 Å². The van der Waals surface area contributed by atoms with Gasteiger partial charge in [-0.2, -0.15) is 0 Å². The van der Waals surface area contributed by atoms with Crippen molar-refractivity contribution in [1.82, 2.24) is 20.2 Å². The molecule has 14 heteroatoms. The van der Waals surface area contributed by atoms with Crippen molar-refractivity contribution in [1.29, 1.82) is 0 Å². The van der Waals surface area contributed by atoms with Crippen LogP contribution in [0, 0.1) is 6.92 Å². The largest absolute Gasteiger partial charge is 0.497 e. The molecule has 3 N–H and O–H groups in total. The highest BCUT2D eigenvalue weighted by Crippen LogP contribution is 2.38. The number of nitrogens with one attached hydrogen (secondary N) is 3. The van der Waals surface area contributed by atoms with Gasteiger partial charge in [0.25, 0.3) is 11.8 Å². The number of hydrogen-bond donors (Lipinski definition) is 3. The maximum absolute atomic E-state index is 13.7. The Kier molecular flexibility index (Phi) is 11.9. The molecule has 4 aromatic carbocycles. The van der Waals surface area contributed by atoms with Crippen LogP contribution in [0.15, 0.2) is 77.8 Å². The van der Waals surface area contributed by atoms with E-state index in [0.29, 0.717) is 53.8 Å². The zero-order valence-electron chi connectivity index (χ0n) is 32.8.